The summed E-state index contributed by atoms with van der Waals surface area (Å²) in [5.74, 6) is -0.0422. The van der Waals surface area contributed by atoms with Crippen LogP contribution in [0.2, 0.25) is 0 Å². The first-order valence-electron chi connectivity index (χ1n) is 6.28. The molecule has 1 aliphatic heterocycles. The Morgan fingerprint density at radius 3 is 2.70 bits per heavy atom. The molecular weight excluding hydrogens is 297 g/mol. The predicted molar refractivity (Wildman–Crippen MR) is 86.1 cm³/mol. The van der Waals surface area contributed by atoms with Crippen molar-refractivity contribution in [2.24, 2.45) is 0 Å². The van der Waals surface area contributed by atoms with E-state index in [0.717, 1.165) is 30.9 Å². The molecule has 1 aliphatic rings. The number of hydrogen-bond acceptors (Lipinski definition) is 3. The Morgan fingerprint density at radius 2 is 2.10 bits per heavy atom. The number of rotatable bonds is 3. The van der Waals surface area contributed by atoms with Gasteiger partial charge in [-0.05, 0) is 38.9 Å². The average Bonchev–Trinajstić information content (AvgIpc) is 2.37. The van der Waals surface area contributed by atoms with Gasteiger partial charge in [0.05, 0.1) is 11.3 Å². The molecule has 0 radical (unpaired) electrons. The predicted octanol–water partition coefficient (Wildman–Crippen LogP) is 2.19. The quantitative estimate of drug-likeness (QED) is 0.840. The summed E-state index contributed by atoms with van der Waals surface area (Å²) in [5, 5.41) is 6.20. The van der Waals surface area contributed by atoms with Crippen LogP contribution < -0.4 is 10.6 Å². The molecule has 1 aromatic rings. The fraction of sp³-hybridized carbons (Fsp3) is 0.429. The highest BCUT2D eigenvalue weighted by Crippen LogP contribution is 2.07. The zero-order chi connectivity index (χ0) is 13.0. The van der Waals surface area contributed by atoms with Crippen molar-refractivity contribution in [1.29, 1.82) is 0 Å². The zero-order valence-corrected chi connectivity index (χ0v) is 13.4. The summed E-state index contributed by atoms with van der Waals surface area (Å²) in [6.07, 6.45) is 3.15. The minimum absolute atomic E-state index is 0. The van der Waals surface area contributed by atoms with E-state index >= 15 is 0 Å². The second kappa shape index (κ2) is 8.95. The number of carbonyl (C=O) groups is 1. The fourth-order valence-electron chi connectivity index (χ4n) is 2.05. The van der Waals surface area contributed by atoms with Gasteiger partial charge in [0.15, 0.2) is 0 Å². The molecule has 2 heterocycles. The molecule has 0 bridgehead atoms. The summed E-state index contributed by atoms with van der Waals surface area (Å²) in [5.41, 5.74) is 3.67. The Labute approximate surface area is 132 Å². The number of pyridine rings is 1. The molecule has 0 saturated heterocycles. The minimum atomic E-state index is -0.0422. The van der Waals surface area contributed by atoms with E-state index in [4.69, 9.17) is 0 Å². The van der Waals surface area contributed by atoms with E-state index in [2.05, 4.69) is 21.7 Å². The molecule has 6 heteroatoms. The molecule has 2 N–H and O–H groups in total. The van der Waals surface area contributed by atoms with E-state index in [1.807, 2.05) is 26.0 Å². The smallest absolute Gasteiger partial charge is 0.253 e. The zero-order valence-electron chi connectivity index (χ0n) is 11.7. The molecule has 1 amide bonds. The van der Waals surface area contributed by atoms with Crippen molar-refractivity contribution in [2.45, 2.75) is 20.3 Å². The molecule has 112 valence electrons. The van der Waals surface area contributed by atoms with E-state index in [1.54, 1.807) is 0 Å². The molecule has 0 unspecified atom stereocenters. The Balaban J connectivity index is 0.00000180. The highest BCUT2D eigenvalue weighted by molar-refractivity contribution is 5.95. The van der Waals surface area contributed by atoms with Gasteiger partial charge in [-0.2, -0.15) is 0 Å². The summed E-state index contributed by atoms with van der Waals surface area (Å²) in [6, 6.07) is 3.70. The highest BCUT2D eigenvalue weighted by atomic mass is 35.5. The topological polar surface area (TPSA) is 54.0 Å². The number of aromatic nitrogens is 1. The number of carbonyl (C=O) groups excluding carboxylic acids is 1. The van der Waals surface area contributed by atoms with Crippen molar-refractivity contribution in [3.05, 3.63) is 40.7 Å². The lowest BCUT2D eigenvalue weighted by molar-refractivity contribution is 0.0955. The molecular formula is C14H21Cl2N3O. The maximum absolute atomic E-state index is 12.0. The molecule has 0 fully saturated rings. The second-order valence-corrected chi connectivity index (χ2v) is 4.58. The molecule has 1 aromatic heterocycles. The molecule has 0 aliphatic carbocycles. The lowest BCUT2D eigenvalue weighted by Gasteiger charge is -2.15. The summed E-state index contributed by atoms with van der Waals surface area (Å²) < 4.78 is 0. The monoisotopic (exact) mass is 317 g/mol. The molecule has 0 aromatic carbocycles. The van der Waals surface area contributed by atoms with Crippen LogP contribution in [0, 0.1) is 13.8 Å². The summed E-state index contributed by atoms with van der Waals surface area (Å²) in [7, 11) is 0. The van der Waals surface area contributed by atoms with Crippen molar-refractivity contribution < 1.29 is 4.79 Å². The van der Waals surface area contributed by atoms with Crippen LogP contribution >= 0.6 is 24.8 Å². The van der Waals surface area contributed by atoms with Crippen molar-refractivity contribution in [2.75, 3.05) is 19.6 Å². The third-order valence-corrected chi connectivity index (χ3v) is 3.10. The normalized spacial score (nSPS) is 13.6. The molecule has 0 saturated carbocycles. The van der Waals surface area contributed by atoms with E-state index in [0.29, 0.717) is 12.1 Å². The average molecular weight is 318 g/mol. The molecule has 0 atom stereocenters. The number of aryl methyl sites for hydroxylation is 2. The van der Waals surface area contributed by atoms with E-state index in [9.17, 15) is 4.79 Å². The minimum Gasteiger partial charge on any atom is -0.348 e. The fourth-order valence-corrected chi connectivity index (χ4v) is 2.05. The van der Waals surface area contributed by atoms with Gasteiger partial charge >= 0.3 is 0 Å². The SMILES string of the molecule is Cc1ccc(C(=O)NCC2=CCNCC2)c(C)n1.Cl.Cl. The summed E-state index contributed by atoms with van der Waals surface area (Å²) >= 11 is 0. The Morgan fingerprint density at radius 1 is 1.35 bits per heavy atom. The van der Waals surface area contributed by atoms with Gasteiger partial charge in [0, 0.05) is 18.8 Å². The van der Waals surface area contributed by atoms with Gasteiger partial charge in [0.2, 0.25) is 0 Å². The van der Waals surface area contributed by atoms with E-state index in [1.165, 1.54) is 5.57 Å². The first kappa shape index (κ1) is 18.9. The lowest BCUT2D eigenvalue weighted by atomic mass is 10.1. The third kappa shape index (κ3) is 5.12. The van der Waals surface area contributed by atoms with Gasteiger partial charge in [-0.25, -0.2) is 0 Å². The van der Waals surface area contributed by atoms with Crippen molar-refractivity contribution in [3.8, 4) is 0 Å². The molecule has 4 nitrogen and oxygen atoms in total. The molecule has 0 spiro atoms. The van der Waals surface area contributed by atoms with Gasteiger partial charge < -0.3 is 10.6 Å². The van der Waals surface area contributed by atoms with Crippen LogP contribution in [0.1, 0.15) is 28.2 Å². The van der Waals surface area contributed by atoms with Crippen LogP contribution in [0.3, 0.4) is 0 Å². The van der Waals surface area contributed by atoms with Gasteiger partial charge in [-0.15, -0.1) is 24.8 Å². The first-order valence-corrected chi connectivity index (χ1v) is 6.28. The first-order chi connectivity index (χ1) is 8.66. The number of amides is 1. The van der Waals surface area contributed by atoms with Gasteiger partial charge in [-0.1, -0.05) is 11.6 Å². The van der Waals surface area contributed by atoms with Crippen LogP contribution in [0.5, 0.6) is 0 Å². The number of nitrogens with zero attached hydrogens (tertiary/aromatic N) is 1. The summed E-state index contributed by atoms with van der Waals surface area (Å²) in [4.78, 5) is 16.3. The van der Waals surface area contributed by atoms with Crippen LogP contribution in [-0.4, -0.2) is 30.5 Å². The Hall–Kier alpha value is -1.10. The van der Waals surface area contributed by atoms with Gasteiger partial charge in [-0.3, -0.25) is 9.78 Å². The van der Waals surface area contributed by atoms with Crippen LogP contribution in [-0.2, 0) is 0 Å². The molecule has 2 rings (SSSR count). The standard InChI is InChI=1S/C14H19N3O.2ClH/c1-10-3-4-13(11(2)17-10)14(18)16-9-12-5-7-15-8-6-12;;/h3-5,15H,6-9H2,1-2H3,(H,16,18);2*1H. The number of halogens is 2. The maximum Gasteiger partial charge on any atom is 0.253 e. The van der Waals surface area contributed by atoms with E-state index < -0.39 is 0 Å². The number of hydrogen-bond donors (Lipinski definition) is 2. The number of nitrogens with one attached hydrogen (secondary N) is 2. The maximum atomic E-state index is 12.0. The highest BCUT2D eigenvalue weighted by Gasteiger charge is 2.10. The van der Waals surface area contributed by atoms with Gasteiger partial charge in [0.25, 0.3) is 5.91 Å². The van der Waals surface area contributed by atoms with Crippen molar-refractivity contribution >= 4 is 30.7 Å². The largest absolute Gasteiger partial charge is 0.348 e. The molecule has 20 heavy (non-hydrogen) atoms. The second-order valence-electron chi connectivity index (χ2n) is 4.58. The third-order valence-electron chi connectivity index (χ3n) is 3.10. The summed E-state index contributed by atoms with van der Waals surface area (Å²) in [6.45, 7) is 6.32. The van der Waals surface area contributed by atoms with Crippen LogP contribution in [0.15, 0.2) is 23.8 Å². The Kier molecular flexibility index (Phi) is 8.46. The van der Waals surface area contributed by atoms with Crippen LogP contribution in [0.25, 0.3) is 0 Å². The van der Waals surface area contributed by atoms with Crippen LogP contribution in [0.4, 0.5) is 0 Å². The van der Waals surface area contributed by atoms with Crippen molar-refractivity contribution in [1.82, 2.24) is 15.6 Å². The van der Waals surface area contributed by atoms with E-state index in [-0.39, 0.29) is 30.7 Å². The van der Waals surface area contributed by atoms with Gasteiger partial charge in [0.1, 0.15) is 0 Å². The lowest BCUT2D eigenvalue weighted by Crippen LogP contribution is -2.30. The Bertz CT molecular complexity index is 489. The van der Waals surface area contributed by atoms with Crippen molar-refractivity contribution in [3.63, 3.8) is 0 Å².